The second kappa shape index (κ2) is 12.0. The van der Waals surface area contributed by atoms with Crippen LogP contribution in [0.15, 0.2) is 94.5 Å². The lowest BCUT2D eigenvalue weighted by Gasteiger charge is -2.24. The topological polar surface area (TPSA) is 113 Å². The van der Waals surface area contributed by atoms with Crippen LogP contribution in [0.2, 0.25) is 5.02 Å². The molecule has 1 aliphatic heterocycles. The van der Waals surface area contributed by atoms with Crippen molar-refractivity contribution in [1.82, 2.24) is 10.2 Å². The van der Waals surface area contributed by atoms with E-state index in [4.69, 9.17) is 16.3 Å². The predicted octanol–water partition coefficient (Wildman–Crippen LogP) is 6.38. The van der Waals surface area contributed by atoms with Gasteiger partial charge < -0.3 is 14.9 Å². The summed E-state index contributed by atoms with van der Waals surface area (Å²) in [7, 11) is 1.40. The van der Waals surface area contributed by atoms with Crippen LogP contribution in [0.5, 0.6) is 11.5 Å². The van der Waals surface area contributed by atoms with E-state index in [1.165, 1.54) is 53.3 Å². The van der Waals surface area contributed by atoms with Crippen LogP contribution in [0.3, 0.4) is 0 Å². The van der Waals surface area contributed by atoms with Crippen molar-refractivity contribution in [2.75, 3.05) is 12.0 Å². The van der Waals surface area contributed by atoms with Crippen LogP contribution in [-0.2, 0) is 15.3 Å². The minimum Gasteiger partial charge on any atom is -0.504 e. The van der Waals surface area contributed by atoms with Crippen LogP contribution >= 0.6 is 34.7 Å². The van der Waals surface area contributed by atoms with Gasteiger partial charge in [0.05, 0.1) is 18.7 Å². The fourth-order valence-electron chi connectivity index (χ4n) is 4.14. The molecule has 3 aromatic carbocycles. The van der Waals surface area contributed by atoms with Crippen molar-refractivity contribution in [2.24, 2.45) is 0 Å². The van der Waals surface area contributed by atoms with Crippen molar-refractivity contribution in [3.05, 3.63) is 112 Å². The van der Waals surface area contributed by atoms with E-state index in [0.717, 1.165) is 11.1 Å². The van der Waals surface area contributed by atoms with Crippen molar-refractivity contribution in [3.8, 4) is 11.5 Å². The number of aliphatic hydroxyl groups excluding tert-OH is 1. The molecule has 0 saturated heterocycles. The van der Waals surface area contributed by atoms with Crippen LogP contribution in [0.4, 0.5) is 5.13 Å². The summed E-state index contributed by atoms with van der Waals surface area (Å²) in [5.74, 6) is -1.35. The first kappa shape index (κ1) is 27.4. The first-order chi connectivity index (χ1) is 19.4. The van der Waals surface area contributed by atoms with Crippen LogP contribution < -0.4 is 9.64 Å². The van der Waals surface area contributed by atoms with E-state index >= 15 is 0 Å². The minimum absolute atomic E-state index is 0.107. The molecule has 0 spiro atoms. The van der Waals surface area contributed by atoms with E-state index in [0.29, 0.717) is 20.7 Å². The van der Waals surface area contributed by atoms with Gasteiger partial charge in [0.2, 0.25) is 5.13 Å². The summed E-state index contributed by atoms with van der Waals surface area (Å²) in [5, 5.41) is 30.4. The van der Waals surface area contributed by atoms with Gasteiger partial charge in [-0.1, -0.05) is 89.3 Å². The fraction of sp³-hybridized carbons (Fsp3) is 0.103. The summed E-state index contributed by atoms with van der Waals surface area (Å²) < 4.78 is 5.86. The number of aliphatic hydroxyl groups is 1. The van der Waals surface area contributed by atoms with Gasteiger partial charge in [0, 0.05) is 10.8 Å². The lowest BCUT2D eigenvalue weighted by Crippen LogP contribution is -2.30. The number of phenols is 1. The van der Waals surface area contributed by atoms with Gasteiger partial charge in [-0.25, -0.2) is 0 Å². The summed E-state index contributed by atoms with van der Waals surface area (Å²) in [6, 6.07) is 20.1. The normalized spacial score (nSPS) is 15.3. The first-order valence-electron chi connectivity index (χ1n) is 12.0. The minimum atomic E-state index is -1.03. The Morgan fingerprint density at radius 1 is 1.10 bits per heavy atom. The molecule has 1 amide bonds. The van der Waals surface area contributed by atoms with E-state index in [2.05, 4.69) is 10.2 Å². The molecule has 4 aromatic rings. The number of thioether (sulfide) groups is 1. The lowest BCUT2D eigenvalue weighted by molar-refractivity contribution is -0.117. The van der Waals surface area contributed by atoms with Crippen LogP contribution in [-0.4, -0.2) is 39.2 Å². The van der Waals surface area contributed by atoms with Gasteiger partial charge >= 0.3 is 0 Å². The smallest absolute Gasteiger partial charge is 0.296 e. The number of hydrogen-bond donors (Lipinski definition) is 2. The van der Waals surface area contributed by atoms with Crippen molar-refractivity contribution < 1.29 is 24.5 Å². The second-order valence-electron chi connectivity index (χ2n) is 8.65. The van der Waals surface area contributed by atoms with Crippen molar-refractivity contribution in [1.29, 1.82) is 0 Å². The Morgan fingerprint density at radius 3 is 2.58 bits per heavy atom. The third-order valence-corrected chi connectivity index (χ3v) is 8.48. The lowest BCUT2D eigenvalue weighted by atomic mass is 9.95. The number of amides is 1. The molecule has 40 heavy (non-hydrogen) atoms. The molecule has 0 saturated carbocycles. The molecular weight excluding hydrogens is 570 g/mol. The van der Waals surface area contributed by atoms with E-state index in [1.54, 1.807) is 12.1 Å². The zero-order valence-corrected chi connectivity index (χ0v) is 23.4. The molecule has 1 aliphatic rings. The van der Waals surface area contributed by atoms with E-state index in [1.807, 2.05) is 54.6 Å². The quantitative estimate of drug-likeness (QED) is 0.131. The number of ether oxygens (including phenoxy) is 1. The maximum Gasteiger partial charge on any atom is 0.296 e. The number of carbonyl (C=O) groups is 2. The third-order valence-electron chi connectivity index (χ3n) is 6.10. The molecular formula is C29H22ClN3O5S2. The van der Waals surface area contributed by atoms with Gasteiger partial charge in [-0.3, -0.25) is 14.5 Å². The molecule has 1 atom stereocenters. The van der Waals surface area contributed by atoms with Crippen LogP contribution in [0, 0.1) is 0 Å². The Balaban J connectivity index is 1.49. The standard InChI is InChI=1S/C29H22ClN3O5S2/c1-38-23-15-19(10-14-21(23)34)25-24(22(35)13-9-17-5-3-2-4-6-17)26(36)27(37)33(25)28-31-32-29(40-28)39-16-18-7-11-20(30)12-8-18/h2-15,25,34,36H,16H2,1H3/b13-9+. The van der Waals surface area contributed by atoms with Gasteiger partial charge in [-0.05, 0) is 47.0 Å². The Bertz CT molecular complexity index is 1620. The van der Waals surface area contributed by atoms with Crippen LogP contribution in [0.1, 0.15) is 22.7 Å². The van der Waals surface area contributed by atoms with Crippen molar-refractivity contribution in [2.45, 2.75) is 16.1 Å². The molecule has 0 radical (unpaired) electrons. The van der Waals surface area contributed by atoms with E-state index < -0.39 is 23.5 Å². The Labute approximate surface area is 243 Å². The largest absolute Gasteiger partial charge is 0.504 e. The number of hydrogen-bond acceptors (Lipinski definition) is 9. The molecule has 0 bridgehead atoms. The fourth-order valence-corrected chi connectivity index (χ4v) is 6.09. The maximum absolute atomic E-state index is 13.4. The number of aromatic hydroxyl groups is 1. The summed E-state index contributed by atoms with van der Waals surface area (Å²) in [4.78, 5) is 28.1. The average molecular weight is 592 g/mol. The molecule has 0 fully saturated rings. The third kappa shape index (κ3) is 5.74. The molecule has 202 valence electrons. The highest BCUT2D eigenvalue weighted by Gasteiger charge is 2.45. The van der Waals surface area contributed by atoms with Gasteiger partial charge in [0.25, 0.3) is 5.91 Å². The number of allylic oxidation sites excluding steroid dienone is 1. The summed E-state index contributed by atoms with van der Waals surface area (Å²) in [5.41, 5.74) is 2.14. The maximum atomic E-state index is 13.4. The first-order valence-corrected chi connectivity index (χ1v) is 14.2. The highest BCUT2D eigenvalue weighted by Crippen LogP contribution is 2.44. The van der Waals surface area contributed by atoms with E-state index in [9.17, 15) is 19.8 Å². The number of rotatable bonds is 9. The summed E-state index contributed by atoms with van der Waals surface area (Å²) >= 11 is 8.57. The number of anilines is 1. The number of carbonyl (C=O) groups excluding carboxylic acids is 2. The Kier molecular flexibility index (Phi) is 8.20. The zero-order chi connectivity index (χ0) is 28.2. The number of nitrogens with zero attached hydrogens (tertiary/aromatic N) is 3. The summed E-state index contributed by atoms with van der Waals surface area (Å²) in [6.45, 7) is 0. The number of ketones is 1. The number of phenolic OH excluding ortho intramolecular Hbond substituents is 1. The highest BCUT2D eigenvalue weighted by atomic mass is 35.5. The highest BCUT2D eigenvalue weighted by molar-refractivity contribution is 8.00. The van der Waals surface area contributed by atoms with Crippen molar-refractivity contribution >= 4 is 57.6 Å². The number of benzene rings is 3. The second-order valence-corrected chi connectivity index (χ2v) is 11.3. The molecule has 2 heterocycles. The van der Waals surface area contributed by atoms with Crippen molar-refractivity contribution in [3.63, 3.8) is 0 Å². The average Bonchev–Trinajstić information content (AvgIpc) is 3.54. The SMILES string of the molecule is COc1cc(C2C(C(=O)/C=C/c3ccccc3)=C(O)C(=O)N2c2nnc(SCc3ccc(Cl)cc3)s2)ccc1O. The monoisotopic (exact) mass is 591 g/mol. The van der Waals surface area contributed by atoms with Crippen LogP contribution in [0.25, 0.3) is 6.08 Å². The van der Waals surface area contributed by atoms with Gasteiger partial charge in [0.15, 0.2) is 27.4 Å². The summed E-state index contributed by atoms with van der Waals surface area (Å²) in [6.07, 6.45) is 2.93. The van der Waals surface area contributed by atoms with E-state index in [-0.39, 0.29) is 22.2 Å². The molecule has 11 heteroatoms. The molecule has 1 aromatic heterocycles. The number of aromatic nitrogens is 2. The number of halogens is 1. The zero-order valence-electron chi connectivity index (χ0n) is 21.0. The Hall–Kier alpha value is -4.12. The number of methoxy groups -OCH3 is 1. The van der Waals surface area contributed by atoms with Gasteiger partial charge in [0.1, 0.15) is 0 Å². The molecule has 5 rings (SSSR count). The molecule has 8 nitrogen and oxygen atoms in total. The molecule has 0 aliphatic carbocycles. The predicted molar refractivity (Wildman–Crippen MR) is 156 cm³/mol. The van der Waals surface area contributed by atoms with Gasteiger partial charge in [-0.2, -0.15) is 0 Å². The van der Waals surface area contributed by atoms with Gasteiger partial charge in [-0.15, -0.1) is 10.2 Å². The molecule has 1 unspecified atom stereocenters. The molecule has 2 N–H and O–H groups in total. The Morgan fingerprint density at radius 2 is 1.85 bits per heavy atom.